The maximum atomic E-state index is 4.79. The first-order valence-corrected chi connectivity index (χ1v) is 8.88. The molecule has 8 heteroatoms. The highest BCUT2D eigenvalue weighted by molar-refractivity contribution is 5.47. The quantitative estimate of drug-likeness (QED) is 0.717. The number of fused-ring (bicyclic) bond motifs is 1. The van der Waals surface area contributed by atoms with E-state index in [1.165, 1.54) is 6.42 Å². The number of nitrogens with zero attached hydrogens (tertiary/aromatic N) is 8. The molecule has 0 spiro atoms. The van der Waals surface area contributed by atoms with Gasteiger partial charge >= 0.3 is 0 Å². The maximum Gasteiger partial charge on any atom is 0.225 e. The molecular formula is C17H20N8. The van der Waals surface area contributed by atoms with Crippen LogP contribution in [0.4, 0.5) is 11.8 Å². The minimum atomic E-state index is 0.370. The molecule has 2 saturated heterocycles. The fraction of sp³-hybridized carbons (Fsp3) is 0.471. The fourth-order valence-corrected chi connectivity index (χ4v) is 3.56. The lowest BCUT2D eigenvalue weighted by molar-refractivity contribution is 0.472. The minimum absolute atomic E-state index is 0.370. The number of hydrogen-bond donors (Lipinski definition) is 0. The first kappa shape index (κ1) is 14.6. The van der Waals surface area contributed by atoms with Crippen molar-refractivity contribution >= 4 is 17.4 Å². The summed E-state index contributed by atoms with van der Waals surface area (Å²) in [6.07, 6.45) is 6.85. The highest BCUT2D eigenvalue weighted by Crippen LogP contribution is 2.29. The van der Waals surface area contributed by atoms with E-state index in [1.807, 2.05) is 22.7 Å². The van der Waals surface area contributed by atoms with Crippen LogP contribution in [0.1, 0.15) is 31.0 Å². The highest BCUT2D eigenvalue weighted by Gasteiger charge is 2.26. The van der Waals surface area contributed by atoms with Crippen LogP contribution in [-0.4, -0.2) is 56.0 Å². The van der Waals surface area contributed by atoms with Crippen LogP contribution in [-0.2, 0) is 0 Å². The molecule has 5 rings (SSSR count). The normalized spacial score (nSPS) is 18.6. The molecule has 0 amide bonds. The molecule has 3 aromatic heterocycles. The number of aromatic nitrogens is 6. The number of rotatable bonds is 3. The van der Waals surface area contributed by atoms with E-state index < -0.39 is 0 Å². The van der Waals surface area contributed by atoms with Gasteiger partial charge < -0.3 is 9.80 Å². The molecule has 0 N–H and O–H groups in total. The van der Waals surface area contributed by atoms with Gasteiger partial charge in [0.1, 0.15) is 5.82 Å². The zero-order chi connectivity index (χ0) is 16.6. The molecule has 0 saturated carbocycles. The molecule has 2 aliphatic heterocycles. The summed E-state index contributed by atoms with van der Waals surface area (Å²) < 4.78 is 1.94. The lowest BCUT2D eigenvalue weighted by Crippen LogP contribution is -2.38. The molecule has 0 aromatic carbocycles. The summed E-state index contributed by atoms with van der Waals surface area (Å²) in [5.74, 6) is 3.18. The van der Waals surface area contributed by atoms with Gasteiger partial charge in [-0.2, -0.15) is 4.52 Å². The Labute approximate surface area is 145 Å². The summed E-state index contributed by atoms with van der Waals surface area (Å²) in [5.41, 5.74) is 0.827. The van der Waals surface area contributed by atoms with Crippen molar-refractivity contribution in [2.45, 2.75) is 25.2 Å². The summed E-state index contributed by atoms with van der Waals surface area (Å²) >= 11 is 0. The molecular weight excluding hydrogens is 316 g/mol. The van der Waals surface area contributed by atoms with Gasteiger partial charge in [-0.15, -0.1) is 15.3 Å². The van der Waals surface area contributed by atoms with Crippen molar-refractivity contribution in [2.75, 3.05) is 36.0 Å². The molecule has 0 radical (unpaired) electrons. The van der Waals surface area contributed by atoms with Crippen molar-refractivity contribution in [3.8, 4) is 0 Å². The van der Waals surface area contributed by atoms with E-state index in [2.05, 4.69) is 30.0 Å². The topological polar surface area (TPSA) is 75.3 Å². The summed E-state index contributed by atoms with van der Waals surface area (Å²) in [6, 6.07) is 5.91. The zero-order valence-corrected chi connectivity index (χ0v) is 14.0. The molecule has 3 aromatic rings. The molecule has 2 fully saturated rings. The molecule has 8 nitrogen and oxygen atoms in total. The van der Waals surface area contributed by atoms with Crippen LogP contribution in [0.5, 0.6) is 0 Å². The second-order valence-electron chi connectivity index (χ2n) is 6.67. The van der Waals surface area contributed by atoms with Crippen molar-refractivity contribution < 1.29 is 0 Å². The van der Waals surface area contributed by atoms with Crippen molar-refractivity contribution in [3.05, 3.63) is 36.4 Å². The van der Waals surface area contributed by atoms with E-state index in [1.54, 1.807) is 12.4 Å². The van der Waals surface area contributed by atoms with Gasteiger partial charge in [0.25, 0.3) is 0 Å². The van der Waals surface area contributed by atoms with Crippen LogP contribution in [0, 0.1) is 0 Å². The van der Waals surface area contributed by atoms with Gasteiger partial charge in [0.05, 0.1) is 0 Å². The largest absolute Gasteiger partial charge is 0.355 e. The van der Waals surface area contributed by atoms with E-state index in [4.69, 9.17) is 5.10 Å². The molecule has 0 unspecified atom stereocenters. The maximum absolute atomic E-state index is 4.79. The fourth-order valence-electron chi connectivity index (χ4n) is 3.56. The Bertz CT molecular complexity index is 865. The third kappa shape index (κ3) is 2.57. The standard InChI is InChI=1S/C17H20N8/c1-7-18-17(19-8-1)24-11-5-13(6-12-24)16-21-20-14-3-4-15(22-25(14)16)23-9-2-10-23/h1,3-4,7-8,13H,2,5-6,9-12H2. The average Bonchev–Trinajstić information content (AvgIpc) is 3.04. The molecule has 2 aliphatic rings. The van der Waals surface area contributed by atoms with Crippen LogP contribution in [0.25, 0.3) is 5.65 Å². The predicted octanol–water partition coefficient (Wildman–Crippen LogP) is 1.51. The van der Waals surface area contributed by atoms with Crippen LogP contribution in [0.2, 0.25) is 0 Å². The van der Waals surface area contributed by atoms with Gasteiger partial charge in [-0.05, 0) is 37.5 Å². The summed E-state index contributed by atoms with van der Waals surface area (Å²) in [4.78, 5) is 13.2. The van der Waals surface area contributed by atoms with E-state index in [9.17, 15) is 0 Å². The Morgan fingerprint density at radius 2 is 1.68 bits per heavy atom. The highest BCUT2D eigenvalue weighted by atomic mass is 15.4. The van der Waals surface area contributed by atoms with E-state index in [-0.39, 0.29) is 0 Å². The van der Waals surface area contributed by atoms with Crippen LogP contribution in [0.15, 0.2) is 30.6 Å². The second-order valence-corrected chi connectivity index (χ2v) is 6.67. The monoisotopic (exact) mass is 336 g/mol. The van der Waals surface area contributed by atoms with Crippen molar-refractivity contribution in [2.24, 2.45) is 0 Å². The Balaban J connectivity index is 1.37. The lowest BCUT2D eigenvalue weighted by Gasteiger charge is -2.32. The smallest absolute Gasteiger partial charge is 0.225 e. The van der Waals surface area contributed by atoms with Crippen molar-refractivity contribution in [1.29, 1.82) is 0 Å². The molecule has 0 bridgehead atoms. The minimum Gasteiger partial charge on any atom is -0.355 e. The van der Waals surface area contributed by atoms with E-state index >= 15 is 0 Å². The van der Waals surface area contributed by atoms with Gasteiger partial charge in [0.15, 0.2) is 11.5 Å². The first-order chi connectivity index (χ1) is 12.4. The Hall–Kier alpha value is -2.77. The van der Waals surface area contributed by atoms with Gasteiger partial charge in [0, 0.05) is 44.5 Å². The summed E-state index contributed by atoms with van der Waals surface area (Å²) in [7, 11) is 0. The Kier molecular flexibility index (Phi) is 3.46. The van der Waals surface area contributed by atoms with Crippen LogP contribution in [0.3, 0.4) is 0 Å². The number of hydrogen-bond acceptors (Lipinski definition) is 7. The SMILES string of the molecule is c1cnc(N2CCC(c3nnc4ccc(N5CCC5)nn34)CC2)nc1. The Morgan fingerprint density at radius 1 is 0.880 bits per heavy atom. The lowest BCUT2D eigenvalue weighted by atomic mass is 9.96. The molecule has 0 aliphatic carbocycles. The van der Waals surface area contributed by atoms with Gasteiger partial charge in [-0.25, -0.2) is 9.97 Å². The molecule has 0 atom stereocenters. The first-order valence-electron chi connectivity index (χ1n) is 8.88. The zero-order valence-electron chi connectivity index (χ0n) is 14.0. The number of piperidine rings is 1. The summed E-state index contributed by atoms with van der Waals surface area (Å²) in [6.45, 7) is 4.03. The third-order valence-electron chi connectivity index (χ3n) is 5.15. The summed E-state index contributed by atoms with van der Waals surface area (Å²) in [5, 5.41) is 13.5. The second kappa shape index (κ2) is 5.94. The molecule has 128 valence electrons. The Morgan fingerprint density at radius 3 is 2.40 bits per heavy atom. The van der Waals surface area contributed by atoms with Gasteiger partial charge in [-0.1, -0.05) is 0 Å². The third-order valence-corrected chi connectivity index (χ3v) is 5.15. The van der Waals surface area contributed by atoms with Crippen molar-refractivity contribution in [1.82, 2.24) is 29.8 Å². The van der Waals surface area contributed by atoms with Gasteiger partial charge in [-0.3, -0.25) is 0 Å². The van der Waals surface area contributed by atoms with Gasteiger partial charge in [0.2, 0.25) is 5.95 Å². The molecule has 5 heterocycles. The average molecular weight is 336 g/mol. The van der Waals surface area contributed by atoms with Crippen molar-refractivity contribution in [3.63, 3.8) is 0 Å². The number of anilines is 2. The molecule has 25 heavy (non-hydrogen) atoms. The van der Waals surface area contributed by atoms with Crippen LogP contribution >= 0.6 is 0 Å². The predicted molar refractivity (Wildman–Crippen MR) is 93.8 cm³/mol. The van der Waals surface area contributed by atoms with E-state index in [0.29, 0.717) is 5.92 Å². The van der Waals surface area contributed by atoms with Crippen LogP contribution < -0.4 is 9.80 Å². The van der Waals surface area contributed by atoms with E-state index in [0.717, 1.165) is 62.3 Å².